The highest BCUT2D eigenvalue weighted by molar-refractivity contribution is 7.85. The van der Waals surface area contributed by atoms with Crippen molar-refractivity contribution in [3.05, 3.63) is 65.2 Å². The van der Waals surface area contributed by atoms with Crippen LogP contribution in [0.1, 0.15) is 26.3 Å². The fourth-order valence-electron chi connectivity index (χ4n) is 1.98. The van der Waals surface area contributed by atoms with Crippen LogP contribution in [-0.2, 0) is 17.4 Å². The zero-order valence-electron chi connectivity index (χ0n) is 12.5. The van der Waals surface area contributed by atoms with E-state index in [9.17, 15) is 13.8 Å². The first-order valence-electron chi connectivity index (χ1n) is 6.84. The molecule has 0 radical (unpaired) electrons. The lowest BCUT2D eigenvalue weighted by Gasteiger charge is -2.09. The maximum atomic E-state index is 12.0. The summed E-state index contributed by atoms with van der Waals surface area (Å²) >= 11 is 0. The Morgan fingerprint density at radius 3 is 2.35 bits per heavy atom. The zero-order chi connectivity index (χ0) is 16.8. The molecule has 1 atom stereocenters. The first-order chi connectivity index (χ1) is 11.0. The fraction of sp³-hybridized carbons (Fsp3) is 0.176. The van der Waals surface area contributed by atoms with Gasteiger partial charge in [0.05, 0.1) is 11.3 Å². The Morgan fingerprint density at radius 1 is 1.09 bits per heavy atom. The van der Waals surface area contributed by atoms with Crippen molar-refractivity contribution in [2.45, 2.75) is 6.61 Å². The summed E-state index contributed by atoms with van der Waals surface area (Å²) in [5.74, 6) is -1.39. The number of carboxylic acid groups (broad SMARTS) is 1. The van der Waals surface area contributed by atoms with Crippen LogP contribution in [0.2, 0.25) is 0 Å². The quantitative estimate of drug-likeness (QED) is 0.788. The molecule has 0 saturated carbocycles. The van der Waals surface area contributed by atoms with E-state index in [0.29, 0.717) is 5.75 Å². The van der Waals surface area contributed by atoms with Gasteiger partial charge in [-0.2, -0.15) is 0 Å². The summed E-state index contributed by atoms with van der Waals surface area (Å²) in [5.41, 5.74) is 1.07. The number of hydrogen-bond donors (Lipinski definition) is 1. The van der Waals surface area contributed by atoms with Crippen LogP contribution in [0, 0.1) is 0 Å². The van der Waals surface area contributed by atoms with E-state index in [1.807, 2.05) is 30.3 Å². The third kappa shape index (κ3) is 5.03. The van der Waals surface area contributed by atoms with Crippen molar-refractivity contribution in [1.82, 2.24) is 0 Å². The molecule has 0 aromatic heterocycles. The summed E-state index contributed by atoms with van der Waals surface area (Å²) in [7, 11) is -1.29. The molecule has 0 aliphatic rings. The van der Waals surface area contributed by atoms with E-state index < -0.39 is 16.8 Å². The largest absolute Gasteiger partial charge is 0.489 e. The van der Waals surface area contributed by atoms with E-state index in [0.717, 1.165) is 5.56 Å². The Labute approximate surface area is 136 Å². The Balaban J connectivity index is 2.24. The highest BCUT2D eigenvalue weighted by atomic mass is 32.2. The van der Waals surface area contributed by atoms with Crippen LogP contribution in [0.15, 0.2) is 48.5 Å². The van der Waals surface area contributed by atoms with E-state index in [1.54, 1.807) is 0 Å². The SMILES string of the molecule is C[S@](=O)CC(=O)c1cc(OCc2ccccc2)cc(C(=O)O)c1. The molecule has 0 fully saturated rings. The summed E-state index contributed by atoms with van der Waals surface area (Å²) in [4.78, 5) is 23.2. The molecule has 0 aliphatic heterocycles. The van der Waals surface area contributed by atoms with Gasteiger partial charge < -0.3 is 9.84 Å². The second kappa shape index (κ2) is 7.69. The van der Waals surface area contributed by atoms with Gasteiger partial charge in [-0.1, -0.05) is 30.3 Å². The van der Waals surface area contributed by atoms with Gasteiger partial charge in [0.2, 0.25) is 0 Å². The van der Waals surface area contributed by atoms with E-state index in [4.69, 9.17) is 9.84 Å². The van der Waals surface area contributed by atoms with E-state index in [1.165, 1.54) is 24.5 Å². The first kappa shape index (κ1) is 16.9. The fourth-order valence-corrected chi connectivity index (χ4v) is 2.51. The van der Waals surface area contributed by atoms with Gasteiger partial charge in [0.1, 0.15) is 12.4 Å². The molecule has 1 N–H and O–H groups in total. The van der Waals surface area contributed by atoms with Crippen LogP contribution in [0.5, 0.6) is 5.75 Å². The number of benzene rings is 2. The summed E-state index contributed by atoms with van der Waals surface area (Å²) in [5, 5.41) is 9.16. The average Bonchev–Trinajstić information content (AvgIpc) is 2.53. The van der Waals surface area contributed by atoms with E-state index in [2.05, 4.69) is 0 Å². The molecule has 0 unspecified atom stereocenters. The van der Waals surface area contributed by atoms with E-state index >= 15 is 0 Å². The Kier molecular flexibility index (Phi) is 5.65. The number of ether oxygens (including phenoxy) is 1. The molecular weight excluding hydrogens is 316 g/mol. The smallest absolute Gasteiger partial charge is 0.335 e. The highest BCUT2D eigenvalue weighted by Crippen LogP contribution is 2.20. The summed E-state index contributed by atoms with van der Waals surface area (Å²) in [6, 6.07) is 13.5. The first-order valence-corrected chi connectivity index (χ1v) is 8.57. The van der Waals surface area contributed by atoms with Crippen molar-refractivity contribution >= 4 is 22.6 Å². The number of carbonyl (C=O) groups excluding carboxylic acids is 1. The zero-order valence-corrected chi connectivity index (χ0v) is 13.3. The molecule has 0 aliphatic carbocycles. The molecular formula is C17H16O5S. The molecule has 6 heteroatoms. The lowest BCUT2D eigenvalue weighted by molar-refractivity contribution is 0.0696. The van der Waals surface area contributed by atoms with Gasteiger partial charge in [-0.3, -0.25) is 9.00 Å². The van der Waals surface area contributed by atoms with Crippen molar-refractivity contribution in [1.29, 1.82) is 0 Å². The van der Waals surface area contributed by atoms with Gasteiger partial charge >= 0.3 is 5.97 Å². The molecule has 0 saturated heterocycles. The van der Waals surface area contributed by atoms with Gasteiger partial charge in [-0.25, -0.2) is 4.79 Å². The number of ketones is 1. The average molecular weight is 332 g/mol. The van der Waals surface area contributed by atoms with Gasteiger partial charge in [0.25, 0.3) is 0 Å². The summed E-state index contributed by atoms with van der Waals surface area (Å²) < 4.78 is 16.8. The van der Waals surface area contributed by atoms with Crippen LogP contribution in [0.25, 0.3) is 0 Å². The van der Waals surface area contributed by atoms with Gasteiger partial charge in [0.15, 0.2) is 5.78 Å². The number of carboxylic acids is 1. The molecule has 2 aromatic rings. The topological polar surface area (TPSA) is 80.7 Å². The monoisotopic (exact) mass is 332 g/mol. The maximum absolute atomic E-state index is 12.0. The predicted octanol–water partition coefficient (Wildman–Crippen LogP) is 2.53. The van der Waals surface area contributed by atoms with Gasteiger partial charge in [-0.05, 0) is 23.8 Å². The van der Waals surface area contributed by atoms with Crippen LogP contribution in [0.3, 0.4) is 0 Å². The number of carbonyl (C=O) groups is 2. The predicted molar refractivity (Wildman–Crippen MR) is 87.4 cm³/mol. The number of aromatic carboxylic acids is 1. The van der Waals surface area contributed by atoms with Crippen molar-refractivity contribution in [2.75, 3.05) is 12.0 Å². The maximum Gasteiger partial charge on any atom is 0.335 e. The minimum Gasteiger partial charge on any atom is -0.489 e. The van der Waals surface area contributed by atoms with Crippen molar-refractivity contribution in [3.63, 3.8) is 0 Å². The molecule has 0 bridgehead atoms. The Bertz CT molecular complexity index is 740. The number of Topliss-reactive ketones (excluding diaryl/α,β-unsaturated/α-hetero) is 1. The molecule has 0 amide bonds. The molecule has 120 valence electrons. The number of rotatable bonds is 7. The van der Waals surface area contributed by atoms with E-state index in [-0.39, 0.29) is 29.3 Å². The molecule has 23 heavy (non-hydrogen) atoms. The normalized spacial score (nSPS) is 11.7. The molecule has 0 heterocycles. The minimum absolute atomic E-state index is 0.0409. The lowest BCUT2D eigenvalue weighted by Crippen LogP contribution is -2.11. The van der Waals surface area contributed by atoms with Crippen LogP contribution < -0.4 is 4.74 Å². The van der Waals surface area contributed by atoms with Crippen molar-refractivity contribution in [3.8, 4) is 5.75 Å². The van der Waals surface area contributed by atoms with Gasteiger partial charge in [-0.15, -0.1) is 0 Å². The van der Waals surface area contributed by atoms with Crippen molar-refractivity contribution in [2.24, 2.45) is 0 Å². The second-order valence-corrected chi connectivity index (χ2v) is 6.40. The molecule has 2 rings (SSSR count). The highest BCUT2D eigenvalue weighted by Gasteiger charge is 2.14. The number of hydrogen-bond acceptors (Lipinski definition) is 4. The standard InChI is InChI=1S/C17H16O5S/c1-23(21)11-16(18)13-7-14(17(19)20)9-15(8-13)22-10-12-5-3-2-4-6-12/h2-9H,10-11H2,1H3,(H,19,20)/t23-/m0/s1. The minimum atomic E-state index is -1.29. The molecule has 0 spiro atoms. The lowest BCUT2D eigenvalue weighted by atomic mass is 10.1. The second-order valence-electron chi connectivity index (χ2n) is 4.97. The van der Waals surface area contributed by atoms with Crippen molar-refractivity contribution < 1.29 is 23.6 Å². The molecule has 2 aromatic carbocycles. The Morgan fingerprint density at radius 2 is 1.74 bits per heavy atom. The molecule has 5 nitrogen and oxygen atoms in total. The van der Waals surface area contributed by atoms with Crippen LogP contribution >= 0.6 is 0 Å². The van der Waals surface area contributed by atoms with Crippen LogP contribution in [-0.4, -0.2) is 33.1 Å². The van der Waals surface area contributed by atoms with Crippen LogP contribution in [0.4, 0.5) is 0 Å². The summed E-state index contributed by atoms with van der Waals surface area (Å²) in [6.07, 6.45) is 1.42. The third-order valence-electron chi connectivity index (χ3n) is 3.06. The third-order valence-corrected chi connectivity index (χ3v) is 3.73. The summed E-state index contributed by atoms with van der Waals surface area (Å²) in [6.45, 7) is 0.261. The Hall–Kier alpha value is -2.47. The van der Waals surface area contributed by atoms with Gasteiger partial charge in [0, 0.05) is 22.6 Å².